The van der Waals surface area contributed by atoms with E-state index in [-0.39, 0.29) is 0 Å². The van der Waals surface area contributed by atoms with Gasteiger partial charge in [-0.2, -0.15) is 0 Å². The molecule has 0 spiro atoms. The van der Waals surface area contributed by atoms with Crippen molar-refractivity contribution < 1.29 is 0 Å². The van der Waals surface area contributed by atoms with E-state index in [2.05, 4.69) is 11.8 Å². The molecule has 2 atom stereocenters. The monoisotopic (exact) mass is 238 g/mol. The Morgan fingerprint density at radius 1 is 1.06 bits per heavy atom. The summed E-state index contributed by atoms with van der Waals surface area (Å²) < 4.78 is 0. The van der Waals surface area contributed by atoms with Crippen LogP contribution in [0.5, 0.6) is 0 Å². The topological polar surface area (TPSA) is 29.3 Å². The average molecular weight is 238 g/mol. The van der Waals surface area contributed by atoms with Gasteiger partial charge < -0.3 is 5.73 Å². The van der Waals surface area contributed by atoms with Gasteiger partial charge in [-0.05, 0) is 44.1 Å². The summed E-state index contributed by atoms with van der Waals surface area (Å²) in [5.74, 6) is 1.82. The summed E-state index contributed by atoms with van der Waals surface area (Å²) in [5.41, 5.74) is 6.02. The lowest BCUT2D eigenvalue weighted by Gasteiger charge is -2.42. The second-order valence-electron chi connectivity index (χ2n) is 6.11. The molecule has 17 heavy (non-hydrogen) atoms. The maximum Gasteiger partial charge on any atom is 0.0246 e. The molecule has 1 heterocycles. The Morgan fingerprint density at radius 2 is 1.82 bits per heavy atom. The number of hydrogen-bond acceptors (Lipinski definition) is 2. The second kappa shape index (κ2) is 6.75. The number of hydrogen-bond donors (Lipinski definition) is 1. The second-order valence-corrected chi connectivity index (χ2v) is 6.11. The third-order valence-electron chi connectivity index (χ3n) is 5.02. The number of likely N-dealkylation sites (tertiary alicyclic amines) is 1. The van der Waals surface area contributed by atoms with Gasteiger partial charge >= 0.3 is 0 Å². The first kappa shape index (κ1) is 13.4. The first-order chi connectivity index (χ1) is 8.35. The largest absolute Gasteiger partial charge is 0.329 e. The fourth-order valence-corrected chi connectivity index (χ4v) is 3.96. The number of nitrogens with two attached hydrogens (primary N) is 1. The van der Waals surface area contributed by atoms with Crippen molar-refractivity contribution in [2.24, 2.45) is 17.6 Å². The molecule has 0 aromatic heterocycles. The zero-order chi connectivity index (χ0) is 12.1. The third kappa shape index (κ3) is 3.45. The molecule has 1 aliphatic carbocycles. The Balaban J connectivity index is 1.88. The summed E-state index contributed by atoms with van der Waals surface area (Å²) in [6.07, 6.45) is 11.4. The first-order valence-corrected chi connectivity index (χ1v) is 7.79. The number of piperidine rings is 1. The van der Waals surface area contributed by atoms with E-state index in [1.807, 2.05) is 0 Å². The van der Waals surface area contributed by atoms with Crippen LogP contribution < -0.4 is 5.73 Å². The van der Waals surface area contributed by atoms with Crippen LogP contribution in [0.3, 0.4) is 0 Å². The molecule has 2 nitrogen and oxygen atoms in total. The molecule has 2 unspecified atom stereocenters. The van der Waals surface area contributed by atoms with Crippen LogP contribution in [0.2, 0.25) is 0 Å². The summed E-state index contributed by atoms with van der Waals surface area (Å²) in [4.78, 5) is 2.73. The highest BCUT2D eigenvalue weighted by Crippen LogP contribution is 2.30. The predicted octanol–water partition coefficient (Wildman–Crippen LogP) is 3.02. The Kier molecular flexibility index (Phi) is 5.30. The zero-order valence-corrected chi connectivity index (χ0v) is 11.5. The molecule has 0 amide bonds. The summed E-state index contributed by atoms with van der Waals surface area (Å²) in [5, 5.41) is 0. The van der Waals surface area contributed by atoms with Gasteiger partial charge in [-0.3, -0.25) is 4.90 Å². The summed E-state index contributed by atoms with van der Waals surface area (Å²) >= 11 is 0. The summed E-state index contributed by atoms with van der Waals surface area (Å²) in [7, 11) is 0. The summed E-state index contributed by atoms with van der Waals surface area (Å²) in [6, 6.07) is 0.677. The average Bonchev–Trinajstić information content (AvgIpc) is 2.39. The highest BCUT2D eigenvalue weighted by atomic mass is 15.2. The van der Waals surface area contributed by atoms with E-state index in [0.29, 0.717) is 6.04 Å². The van der Waals surface area contributed by atoms with Crippen LogP contribution in [0.4, 0.5) is 0 Å². The lowest BCUT2D eigenvalue weighted by Crippen LogP contribution is -2.50. The fraction of sp³-hybridized carbons (Fsp3) is 1.00. The molecule has 100 valence electrons. The molecule has 0 aromatic rings. The van der Waals surface area contributed by atoms with Gasteiger partial charge in [0.25, 0.3) is 0 Å². The molecule has 1 saturated carbocycles. The highest BCUT2D eigenvalue weighted by Gasteiger charge is 2.30. The Labute approximate surface area is 107 Å². The maximum atomic E-state index is 6.02. The fourth-order valence-electron chi connectivity index (χ4n) is 3.96. The van der Waals surface area contributed by atoms with Gasteiger partial charge in [0.1, 0.15) is 0 Å². The van der Waals surface area contributed by atoms with E-state index in [0.717, 1.165) is 18.4 Å². The van der Waals surface area contributed by atoms with Crippen molar-refractivity contribution in [1.82, 2.24) is 4.90 Å². The standard InChI is InChI=1S/C15H30N2/c1-2-14-9-6-10-17(15(14)11-16)12-13-7-4-3-5-8-13/h13-15H,2-12,16H2,1H3. The van der Waals surface area contributed by atoms with Crippen molar-refractivity contribution >= 4 is 0 Å². The van der Waals surface area contributed by atoms with E-state index in [1.54, 1.807) is 0 Å². The lowest BCUT2D eigenvalue weighted by molar-refractivity contribution is 0.0718. The van der Waals surface area contributed by atoms with Crippen molar-refractivity contribution in [1.29, 1.82) is 0 Å². The maximum absolute atomic E-state index is 6.02. The van der Waals surface area contributed by atoms with Crippen LogP contribution >= 0.6 is 0 Å². The summed E-state index contributed by atoms with van der Waals surface area (Å²) in [6.45, 7) is 5.83. The van der Waals surface area contributed by atoms with E-state index < -0.39 is 0 Å². The van der Waals surface area contributed by atoms with Gasteiger partial charge in [-0.1, -0.05) is 32.6 Å². The number of nitrogens with zero attached hydrogens (tertiary/aromatic N) is 1. The van der Waals surface area contributed by atoms with Gasteiger partial charge in [0.15, 0.2) is 0 Å². The molecule has 0 aromatic carbocycles. The van der Waals surface area contributed by atoms with Gasteiger partial charge in [0.05, 0.1) is 0 Å². The smallest absolute Gasteiger partial charge is 0.0246 e. The van der Waals surface area contributed by atoms with Crippen LogP contribution in [0.25, 0.3) is 0 Å². The van der Waals surface area contributed by atoms with Crippen LogP contribution in [-0.2, 0) is 0 Å². The normalized spacial score (nSPS) is 32.8. The third-order valence-corrected chi connectivity index (χ3v) is 5.02. The van der Waals surface area contributed by atoms with Crippen molar-refractivity contribution in [3.63, 3.8) is 0 Å². The minimum Gasteiger partial charge on any atom is -0.329 e. The van der Waals surface area contributed by atoms with E-state index in [1.165, 1.54) is 64.5 Å². The van der Waals surface area contributed by atoms with Crippen molar-refractivity contribution in [3.05, 3.63) is 0 Å². The predicted molar refractivity (Wildman–Crippen MR) is 74.0 cm³/mol. The molecule has 2 fully saturated rings. The van der Waals surface area contributed by atoms with E-state index >= 15 is 0 Å². The molecule has 2 rings (SSSR count). The quantitative estimate of drug-likeness (QED) is 0.816. The van der Waals surface area contributed by atoms with Crippen LogP contribution in [0.1, 0.15) is 58.3 Å². The van der Waals surface area contributed by atoms with Gasteiger partial charge in [0.2, 0.25) is 0 Å². The van der Waals surface area contributed by atoms with Crippen molar-refractivity contribution in [3.8, 4) is 0 Å². The minimum absolute atomic E-state index is 0.677. The molecular weight excluding hydrogens is 208 g/mol. The molecule has 0 radical (unpaired) electrons. The molecule has 1 aliphatic heterocycles. The molecule has 2 heteroatoms. The van der Waals surface area contributed by atoms with E-state index in [9.17, 15) is 0 Å². The van der Waals surface area contributed by atoms with Crippen LogP contribution in [-0.4, -0.2) is 30.6 Å². The van der Waals surface area contributed by atoms with Crippen LogP contribution in [0, 0.1) is 11.8 Å². The van der Waals surface area contributed by atoms with Gasteiger partial charge in [-0.25, -0.2) is 0 Å². The number of rotatable bonds is 4. The van der Waals surface area contributed by atoms with Gasteiger partial charge in [-0.15, -0.1) is 0 Å². The molecule has 0 bridgehead atoms. The molecule has 2 N–H and O–H groups in total. The Hall–Kier alpha value is -0.0800. The van der Waals surface area contributed by atoms with Gasteiger partial charge in [0, 0.05) is 19.1 Å². The Bertz CT molecular complexity index is 211. The highest BCUT2D eigenvalue weighted by molar-refractivity contribution is 4.86. The Morgan fingerprint density at radius 3 is 2.47 bits per heavy atom. The first-order valence-electron chi connectivity index (χ1n) is 7.79. The van der Waals surface area contributed by atoms with Crippen molar-refractivity contribution in [2.45, 2.75) is 64.3 Å². The van der Waals surface area contributed by atoms with E-state index in [4.69, 9.17) is 5.73 Å². The lowest BCUT2D eigenvalue weighted by atomic mass is 9.84. The minimum atomic E-state index is 0.677. The molecular formula is C15H30N2. The zero-order valence-electron chi connectivity index (χ0n) is 11.5. The van der Waals surface area contributed by atoms with Crippen molar-refractivity contribution in [2.75, 3.05) is 19.6 Å². The molecule has 1 saturated heterocycles. The SMILES string of the molecule is CCC1CCCN(CC2CCCCC2)C1CN. The molecule has 2 aliphatic rings. The van der Waals surface area contributed by atoms with Crippen LogP contribution in [0.15, 0.2) is 0 Å².